The minimum atomic E-state index is -1.35. The highest BCUT2D eigenvalue weighted by Gasteiger charge is 2.24. The molecule has 0 aromatic rings. The summed E-state index contributed by atoms with van der Waals surface area (Å²) in [6, 6.07) is -2.63. The maximum Gasteiger partial charge on any atom is 0.322 e. The summed E-state index contributed by atoms with van der Waals surface area (Å²) in [5.74, 6) is -3.80. The topological polar surface area (TPSA) is 162 Å². The van der Waals surface area contributed by atoms with Crippen LogP contribution in [0.3, 0.4) is 0 Å². The van der Waals surface area contributed by atoms with Gasteiger partial charge in [0.1, 0.15) is 12.1 Å². The van der Waals surface area contributed by atoms with E-state index in [2.05, 4.69) is 10.6 Å². The first kappa shape index (κ1) is 17.3. The van der Waals surface area contributed by atoms with Crippen LogP contribution in [-0.2, 0) is 14.4 Å². The molecular weight excluding hydrogens is 258 g/mol. The maximum atomic E-state index is 10.9. The first-order valence-electron chi connectivity index (χ1n) is 5.63. The van der Waals surface area contributed by atoms with E-state index in [-0.39, 0.29) is 19.1 Å². The Labute approximate surface area is 109 Å². The highest BCUT2D eigenvalue weighted by Crippen LogP contribution is 1.94. The monoisotopic (exact) mass is 277 g/mol. The molecule has 0 saturated heterocycles. The Morgan fingerprint density at radius 2 is 1.47 bits per heavy atom. The van der Waals surface area contributed by atoms with Crippen molar-refractivity contribution in [1.82, 2.24) is 10.6 Å². The predicted molar refractivity (Wildman–Crippen MR) is 64.8 cm³/mol. The molecule has 0 rings (SSSR count). The van der Waals surface area contributed by atoms with Gasteiger partial charge in [-0.1, -0.05) is 0 Å². The van der Waals surface area contributed by atoms with E-state index in [1.54, 1.807) is 6.92 Å². The van der Waals surface area contributed by atoms with E-state index in [4.69, 9.17) is 21.1 Å². The average molecular weight is 277 g/mol. The summed E-state index contributed by atoms with van der Waals surface area (Å²) in [6.45, 7) is 1.71. The summed E-state index contributed by atoms with van der Waals surface area (Å²) < 4.78 is 0. The molecule has 0 fully saturated rings. The van der Waals surface area contributed by atoms with Crippen molar-refractivity contribution < 1.29 is 29.7 Å². The second-order valence-electron chi connectivity index (χ2n) is 4.17. The molecule has 9 nitrogen and oxygen atoms in total. The summed E-state index contributed by atoms with van der Waals surface area (Å²) in [4.78, 5) is 32.1. The van der Waals surface area contributed by atoms with Gasteiger partial charge in [-0.2, -0.15) is 0 Å². The molecular formula is C10H19N3O6. The largest absolute Gasteiger partial charge is 0.481 e. The lowest BCUT2D eigenvalue weighted by atomic mass is 10.2. The highest BCUT2D eigenvalue weighted by molar-refractivity contribution is 5.80. The van der Waals surface area contributed by atoms with Gasteiger partial charge in [-0.3, -0.25) is 14.4 Å². The third-order valence-corrected chi connectivity index (χ3v) is 2.23. The summed E-state index contributed by atoms with van der Waals surface area (Å²) >= 11 is 0. The molecule has 0 aliphatic carbocycles. The van der Waals surface area contributed by atoms with Gasteiger partial charge >= 0.3 is 17.9 Å². The van der Waals surface area contributed by atoms with Crippen molar-refractivity contribution in [2.45, 2.75) is 31.5 Å². The Balaban J connectivity index is 4.37. The molecule has 0 radical (unpaired) electrons. The Morgan fingerprint density at radius 3 is 1.84 bits per heavy atom. The third-order valence-electron chi connectivity index (χ3n) is 2.23. The first-order chi connectivity index (χ1) is 8.73. The van der Waals surface area contributed by atoms with Crippen LogP contribution < -0.4 is 16.4 Å². The number of nitrogens with two attached hydrogens (primary N) is 1. The van der Waals surface area contributed by atoms with Crippen LogP contribution in [0.4, 0.5) is 0 Å². The van der Waals surface area contributed by atoms with E-state index in [9.17, 15) is 14.4 Å². The van der Waals surface area contributed by atoms with Gasteiger partial charge in [0.2, 0.25) is 0 Å². The summed E-state index contributed by atoms with van der Waals surface area (Å²) in [7, 11) is 0. The Bertz CT molecular complexity index is 333. The van der Waals surface area contributed by atoms with Gasteiger partial charge in [0.05, 0.1) is 6.42 Å². The molecule has 110 valence electrons. The molecule has 0 aromatic carbocycles. The number of aliphatic carboxylic acids is 3. The molecule has 19 heavy (non-hydrogen) atoms. The molecule has 0 bridgehead atoms. The zero-order chi connectivity index (χ0) is 15.0. The van der Waals surface area contributed by atoms with Crippen molar-refractivity contribution in [3.05, 3.63) is 0 Å². The van der Waals surface area contributed by atoms with Crippen molar-refractivity contribution >= 4 is 17.9 Å². The number of nitrogens with one attached hydrogen (secondary N) is 2. The molecule has 9 heteroatoms. The Kier molecular flexibility index (Phi) is 7.65. The molecule has 0 spiro atoms. The number of hydrogen-bond donors (Lipinski definition) is 6. The maximum absolute atomic E-state index is 10.9. The van der Waals surface area contributed by atoms with Crippen LogP contribution in [0.5, 0.6) is 0 Å². The highest BCUT2D eigenvalue weighted by atomic mass is 16.4. The summed E-state index contributed by atoms with van der Waals surface area (Å²) in [6.07, 6.45) is -0.630. The van der Waals surface area contributed by atoms with Crippen molar-refractivity contribution in [3.8, 4) is 0 Å². The SMILES string of the molecule is CC(N)CNC(CNC(CC(=O)O)C(=O)O)C(=O)O. The van der Waals surface area contributed by atoms with Crippen molar-refractivity contribution in [2.24, 2.45) is 5.73 Å². The fraction of sp³-hybridized carbons (Fsp3) is 0.700. The molecule has 0 saturated carbocycles. The van der Waals surface area contributed by atoms with Crippen molar-refractivity contribution in [2.75, 3.05) is 13.1 Å². The lowest BCUT2D eigenvalue weighted by Crippen LogP contribution is -2.51. The van der Waals surface area contributed by atoms with Crippen LogP contribution in [0, 0.1) is 0 Å². The molecule has 0 heterocycles. The molecule has 0 aromatic heterocycles. The van der Waals surface area contributed by atoms with Crippen LogP contribution in [0.25, 0.3) is 0 Å². The van der Waals surface area contributed by atoms with E-state index in [0.717, 1.165) is 0 Å². The average Bonchev–Trinajstić information content (AvgIpc) is 2.25. The number of carbonyl (C=O) groups is 3. The van der Waals surface area contributed by atoms with Gasteiger partial charge in [0.25, 0.3) is 0 Å². The number of hydrogen-bond acceptors (Lipinski definition) is 6. The second-order valence-corrected chi connectivity index (χ2v) is 4.17. The summed E-state index contributed by atoms with van der Waals surface area (Å²) in [5.41, 5.74) is 5.46. The van der Waals surface area contributed by atoms with Crippen LogP contribution in [-0.4, -0.2) is 64.4 Å². The molecule has 3 atom stereocenters. The molecule has 0 aliphatic heterocycles. The molecule has 3 unspecified atom stereocenters. The number of rotatable bonds is 10. The quantitative estimate of drug-likeness (QED) is 0.262. The van der Waals surface area contributed by atoms with E-state index >= 15 is 0 Å². The minimum absolute atomic E-state index is 0.216. The third kappa shape index (κ3) is 8.08. The van der Waals surface area contributed by atoms with E-state index < -0.39 is 36.4 Å². The van der Waals surface area contributed by atoms with Crippen LogP contribution >= 0.6 is 0 Å². The first-order valence-corrected chi connectivity index (χ1v) is 5.63. The van der Waals surface area contributed by atoms with E-state index in [1.165, 1.54) is 0 Å². The van der Waals surface area contributed by atoms with Gasteiger partial charge in [0.15, 0.2) is 0 Å². The van der Waals surface area contributed by atoms with Crippen molar-refractivity contribution in [3.63, 3.8) is 0 Å². The predicted octanol–water partition coefficient (Wildman–Crippen LogP) is -2.11. The fourth-order valence-corrected chi connectivity index (χ4v) is 1.26. The van der Waals surface area contributed by atoms with Crippen LogP contribution in [0.15, 0.2) is 0 Å². The molecule has 0 amide bonds. The van der Waals surface area contributed by atoms with Gasteiger partial charge in [0, 0.05) is 19.1 Å². The zero-order valence-corrected chi connectivity index (χ0v) is 10.5. The van der Waals surface area contributed by atoms with E-state index in [0.29, 0.717) is 0 Å². The lowest BCUT2D eigenvalue weighted by Gasteiger charge is -2.19. The number of carboxylic acid groups (broad SMARTS) is 3. The molecule has 7 N–H and O–H groups in total. The van der Waals surface area contributed by atoms with Crippen molar-refractivity contribution in [1.29, 1.82) is 0 Å². The second kappa shape index (κ2) is 8.40. The fourth-order valence-electron chi connectivity index (χ4n) is 1.26. The zero-order valence-electron chi connectivity index (χ0n) is 10.5. The van der Waals surface area contributed by atoms with Gasteiger partial charge in [-0.05, 0) is 6.92 Å². The molecule has 0 aliphatic rings. The summed E-state index contributed by atoms with van der Waals surface area (Å²) in [5, 5.41) is 31.3. The lowest BCUT2D eigenvalue weighted by molar-refractivity contribution is -0.146. The van der Waals surface area contributed by atoms with E-state index in [1.807, 2.05) is 0 Å². The Hall–Kier alpha value is -1.71. The standard InChI is InChI=1S/C10H19N3O6/c1-5(11)3-12-7(10(18)19)4-13-6(9(16)17)2-8(14)15/h5-7,12-13H,2-4,11H2,1H3,(H,14,15)(H,16,17)(H,18,19). The van der Waals surface area contributed by atoms with Crippen LogP contribution in [0.1, 0.15) is 13.3 Å². The minimum Gasteiger partial charge on any atom is -0.481 e. The van der Waals surface area contributed by atoms with Crippen LogP contribution in [0.2, 0.25) is 0 Å². The van der Waals surface area contributed by atoms with Gasteiger partial charge < -0.3 is 31.7 Å². The smallest absolute Gasteiger partial charge is 0.322 e. The van der Waals surface area contributed by atoms with Gasteiger partial charge in [-0.25, -0.2) is 0 Å². The number of carboxylic acids is 3. The Morgan fingerprint density at radius 1 is 1.00 bits per heavy atom. The van der Waals surface area contributed by atoms with Gasteiger partial charge in [-0.15, -0.1) is 0 Å². The normalized spacial score (nSPS) is 15.5.